The van der Waals surface area contributed by atoms with Crippen molar-refractivity contribution in [2.45, 2.75) is 31.0 Å². The molecule has 0 unspecified atom stereocenters. The number of hydrogen-bond donors (Lipinski definition) is 4. The normalized spacial score (nSPS) is 40.2. The van der Waals surface area contributed by atoms with E-state index in [9.17, 15) is 15.0 Å². The Morgan fingerprint density at radius 3 is 2.62 bits per heavy atom. The smallest absolute Gasteiger partial charge is 0.249 e. The summed E-state index contributed by atoms with van der Waals surface area (Å²) in [5, 5.41) is 18.5. The van der Waals surface area contributed by atoms with Crippen molar-refractivity contribution in [3.05, 3.63) is 0 Å². The first-order valence-corrected chi connectivity index (χ1v) is 3.72. The molecule has 13 heavy (non-hydrogen) atoms. The summed E-state index contributed by atoms with van der Waals surface area (Å²) in [4.78, 5) is 15.0. The van der Waals surface area contributed by atoms with E-state index in [4.69, 9.17) is 16.4 Å². The van der Waals surface area contributed by atoms with E-state index in [1.54, 1.807) is 0 Å². The van der Waals surface area contributed by atoms with Crippen LogP contribution in [0.1, 0.15) is 6.42 Å². The van der Waals surface area contributed by atoms with E-state index < -0.39 is 30.5 Å². The number of ether oxygens (including phenoxy) is 1. The second-order valence-electron chi connectivity index (χ2n) is 2.82. The quantitative estimate of drug-likeness (QED) is 0.350. The highest BCUT2D eigenvalue weighted by Crippen LogP contribution is 2.19. The van der Waals surface area contributed by atoms with Crippen LogP contribution in [0.25, 0.3) is 0 Å². The van der Waals surface area contributed by atoms with E-state index in [1.807, 2.05) is 0 Å². The van der Waals surface area contributed by atoms with Crippen LogP contribution in [0, 0.1) is 0 Å². The van der Waals surface area contributed by atoms with Gasteiger partial charge in [0, 0.05) is 6.42 Å². The maximum absolute atomic E-state index is 10.7. The number of rotatable bonds is 2. The first-order valence-electron chi connectivity index (χ1n) is 3.72. The molecule has 4 atom stereocenters. The van der Waals surface area contributed by atoms with Gasteiger partial charge in [-0.1, -0.05) is 0 Å². The topological polar surface area (TPSA) is 128 Å². The van der Waals surface area contributed by atoms with Gasteiger partial charge < -0.3 is 20.7 Å². The average molecular weight is 192 g/mol. The third-order valence-corrected chi connectivity index (χ3v) is 1.87. The third kappa shape index (κ3) is 2.14. The average Bonchev–Trinajstić information content (AvgIpc) is 2.09. The highest BCUT2D eigenvalue weighted by molar-refractivity contribution is 5.79. The fraction of sp³-hybridized carbons (Fsp3) is 0.833. The minimum Gasteiger partial charge on any atom is -0.390 e. The second-order valence-corrected chi connectivity index (χ2v) is 2.82. The van der Waals surface area contributed by atoms with E-state index in [0.29, 0.717) is 0 Å². The van der Waals surface area contributed by atoms with Gasteiger partial charge in [-0.05, 0) is 0 Å². The van der Waals surface area contributed by atoms with Crippen molar-refractivity contribution in [3.8, 4) is 0 Å². The summed E-state index contributed by atoms with van der Waals surface area (Å²) in [5.41, 5.74) is 4.91. The molecular formula is C6H12N2O5. The van der Waals surface area contributed by atoms with Crippen LogP contribution >= 0.6 is 0 Å². The van der Waals surface area contributed by atoms with Gasteiger partial charge in [-0.2, -0.15) is 0 Å². The maximum atomic E-state index is 10.7. The van der Waals surface area contributed by atoms with Crippen LogP contribution in [0.5, 0.6) is 0 Å². The standard InChI is InChI=1S/C6H12N2O5/c7-6(11)5-4(10)2(9)1-3(12-5)13-8/h2-5,9-10H,1,8H2,(H2,7,11)/t2-,3-,4+,5+/m1/s1. The number of aliphatic hydroxyl groups excluding tert-OH is 2. The largest absolute Gasteiger partial charge is 0.390 e. The molecule has 0 aromatic carbocycles. The minimum absolute atomic E-state index is 0.00144. The van der Waals surface area contributed by atoms with Gasteiger partial charge in [-0.3, -0.25) is 9.63 Å². The molecule has 0 bridgehead atoms. The molecule has 0 aliphatic carbocycles. The zero-order chi connectivity index (χ0) is 10.0. The summed E-state index contributed by atoms with van der Waals surface area (Å²) in [6.07, 6.45) is -4.65. The predicted molar refractivity (Wildman–Crippen MR) is 39.8 cm³/mol. The summed E-state index contributed by atoms with van der Waals surface area (Å²) in [6, 6.07) is 0. The van der Waals surface area contributed by atoms with Crippen LogP contribution in [-0.4, -0.2) is 40.7 Å². The Balaban J connectivity index is 2.66. The molecule has 7 nitrogen and oxygen atoms in total. The molecular weight excluding hydrogens is 180 g/mol. The first kappa shape index (κ1) is 10.4. The van der Waals surface area contributed by atoms with Crippen LogP contribution < -0.4 is 11.6 Å². The minimum atomic E-state index is -1.33. The Kier molecular flexibility index (Phi) is 3.17. The van der Waals surface area contributed by atoms with E-state index in [0.717, 1.165) is 0 Å². The zero-order valence-electron chi connectivity index (χ0n) is 6.79. The number of hydrogen-bond acceptors (Lipinski definition) is 6. The Bertz CT molecular complexity index is 199. The van der Waals surface area contributed by atoms with Gasteiger partial charge >= 0.3 is 0 Å². The summed E-state index contributed by atoms with van der Waals surface area (Å²) in [7, 11) is 0. The lowest BCUT2D eigenvalue weighted by molar-refractivity contribution is -0.246. The molecule has 0 aromatic heterocycles. The molecule has 1 aliphatic heterocycles. The summed E-state index contributed by atoms with van der Waals surface area (Å²) in [6.45, 7) is 0. The Morgan fingerprint density at radius 1 is 1.54 bits per heavy atom. The Morgan fingerprint density at radius 2 is 2.15 bits per heavy atom. The van der Waals surface area contributed by atoms with Gasteiger partial charge in [0.2, 0.25) is 5.91 Å². The first-order chi connectivity index (χ1) is 6.06. The van der Waals surface area contributed by atoms with Gasteiger partial charge in [0.05, 0.1) is 6.10 Å². The van der Waals surface area contributed by atoms with Crippen molar-refractivity contribution in [1.29, 1.82) is 0 Å². The van der Waals surface area contributed by atoms with Crippen molar-refractivity contribution in [3.63, 3.8) is 0 Å². The van der Waals surface area contributed by atoms with Crippen molar-refractivity contribution < 1.29 is 24.6 Å². The molecule has 1 fully saturated rings. The van der Waals surface area contributed by atoms with Crippen LogP contribution in [0.3, 0.4) is 0 Å². The summed E-state index contributed by atoms with van der Waals surface area (Å²) < 4.78 is 4.85. The number of nitrogens with two attached hydrogens (primary N) is 2. The Labute approximate surface area is 74.2 Å². The molecule has 1 amide bonds. The number of carbonyl (C=O) groups excluding carboxylic acids is 1. The molecule has 1 rings (SSSR count). The highest BCUT2D eigenvalue weighted by atomic mass is 16.8. The van der Waals surface area contributed by atoms with Crippen LogP contribution in [-0.2, 0) is 14.4 Å². The maximum Gasteiger partial charge on any atom is 0.249 e. The molecule has 1 saturated heterocycles. The molecule has 1 heterocycles. The van der Waals surface area contributed by atoms with Gasteiger partial charge in [-0.25, -0.2) is 5.90 Å². The lowest BCUT2D eigenvalue weighted by Gasteiger charge is -2.34. The second kappa shape index (κ2) is 3.99. The van der Waals surface area contributed by atoms with Gasteiger partial charge in [-0.15, -0.1) is 0 Å². The van der Waals surface area contributed by atoms with Gasteiger partial charge in [0.15, 0.2) is 12.4 Å². The van der Waals surface area contributed by atoms with Crippen molar-refractivity contribution in [2.24, 2.45) is 11.6 Å². The SMILES string of the molecule is NO[C@@H]1C[C@@H](O)[C@H](O)[C@@H](C(N)=O)O1. The molecule has 0 radical (unpaired) electrons. The summed E-state index contributed by atoms with van der Waals surface area (Å²) >= 11 is 0. The van der Waals surface area contributed by atoms with Crippen LogP contribution in [0.15, 0.2) is 0 Å². The van der Waals surface area contributed by atoms with Crippen molar-refractivity contribution >= 4 is 5.91 Å². The molecule has 0 aromatic rings. The predicted octanol–water partition coefficient (Wildman–Crippen LogP) is -2.80. The number of aliphatic hydroxyl groups is 2. The molecule has 1 aliphatic rings. The number of amides is 1. The molecule has 7 heteroatoms. The zero-order valence-corrected chi connectivity index (χ0v) is 6.79. The number of primary amides is 1. The third-order valence-electron chi connectivity index (χ3n) is 1.87. The molecule has 76 valence electrons. The molecule has 0 saturated carbocycles. The summed E-state index contributed by atoms with van der Waals surface area (Å²) in [5.74, 6) is 3.94. The van der Waals surface area contributed by atoms with E-state index >= 15 is 0 Å². The number of carbonyl (C=O) groups is 1. The van der Waals surface area contributed by atoms with Crippen molar-refractivity contribution in [1.82, 2.24) is 0 Å². The fourth-order valence-electron chi connectivity index (χ4n) is 1.16. The van der Waals surface area contributed by atoms with E-state index in [-0.39, 0.29) is 6.42 Å². The Hall–Kier alpha value is -0.730. The van der Waals surface area contributed by atoms with Gasteiger partial charge in [0.25, 0.3) is 0 Å². The molecule has 6 N–H and O–H groups in total. The van der Waals surface area contributed by atoms with Gasteiger partial charge in [0.1, 0.15) is 6.10 Å². The van der Waals surface area contributed by atoms with Crippen molar-refractivity contribution in [2.75, 3.05) is 0 Å². The van der Waals surface area contributed by atoms with Crippen LogP contribution in [0.2, 0.25) is 0 Å². The monoisotopic (exact) mass is 192 g/mol. The highest BCUT2D eigenvalue weighted by Gasteiger charge is 2.40. The lowest BCUT2D eigenvalue weighted by atomic mass is 10.0. The molecule has 0 spiro atoms. The van der Waals surface area contributed by atoms with E-state index in [1.165, 1.54) is 0 Å². The van der Waals surface area contributed by atoms with E-state index in [2.05, 4.69) is 4.84 Å². The lowest BCUT2D eigenvalue weighted by Crippen LogP contribution is -2.54. The fourth-order valence-corrected chi connectivity index (χ4v) is 1.16. The van der Waals surface area contributed by atoms with Crippen LogP contribution in [0.4, 0.5) is 0 Å².